The number of rotatable bonds is 5. The number of likely N-dealkylation sites (tertiary alicyclic amines) is 1. The molecule has 1 aliphatic carbocycles. The predicted molar refractivity (Wildman–Crippen MR) is 98.9 cm³/mol. The van der Waals surface area contributed by atoms with E-state index in [1.807, 2.05) is 6.08 Å². The molecule has 3 heteroatoms. The molecule has 3 rings (SSSR count). The summed E-state index contributed by atoms with van der Waals surface area (Å²) in [6, 6.07) is 9.06. The lowest BCUT2D eigenvalue weighted by atomic mass is 9.94. The maximum Gasteiger partial charge on any atom is 0.243 e. The maximum atomic E-state index is 12.3. The Morgan fingerprint density at radius 1 is 1.08 bits per heavy atom. The quantitative estimate of drug-likeness (QED) is 0.825. The highest BCUT2D eigenvalue weighted by Gasteiger charge is 2.23. The number of benzene rings is 1. The molecule has 1 aliphatic heterocycles. The van der Waals surface area contributed by atoms with Gasteiger partial charge in [0.1, 0.15) is 0 Å². The minimum Gasteiger partial charge on any atom is -0.351 e. The Morgan fingerprint density at radius 3 is 2.42 bits per heavy atom. The summed E-state index contributed by atoms with van der Waals surface area (Å²) in [7, 11) is 0. The van der Waals surface area contributed by atoms with Crippen LogP contribution in [-0.2, 0) is 4.79 Å². The molecular weight excluding hydrogens is 296 g/mol. The van der Waals surface area contributed by atoms with Gasteiger partial charge in [-0.25, -0.2) is 0 Å². The number of hydrogen-bond acceptors (Lipinski definition) is 2. The van der Waals surface area contributed by atoms with Gasteiger partial charge in [-0.3, -0.25) is 9.69 Å². The fraction of sp³-hybridized carbons (Fsp3) is 0.571. The van der Waals surface area contributed by atoms with E-state index in [2.05, 4.69) is 41.4 Å². The Morgan fingerprint density at radius 2 is 1.75 bits per heavy atom. The minimum atomic E-state index is 0.0863. The van der Waals surface area contributed by atoms with Gasteiger partial charge in [-0.15, -0.1) is 0 Å². The number of nitrogens with one attached hydrogen (secondary N) is 1. The molecule has 24 heavy (non-hydrogen) atoms. The van der Waals surface area contributed by atoms with Crippen molar-refractivity contribution in [3.05, 3.63) is 47.0 Å². The number of nitrogens with zero attached hydrogens (tertiary/aromatic N) is 1. The SMILES string of the molecule is Cc1ccc(C(CNC(=O)C=C2CCCCC2)N2CCCC2)cc1. The van der Waals surface area contributed by atoms with Crippen LogP contribution in [0.15, 0.2) is 35.9 Å². The lowest BCUT2D eigenvalue weighted by Crippen LogP contribution is -2.36. The first kappa shape index (κ1) is 17.2. The van der Waals surface area contributed by atoms with E-state index in [1.54, 1.807) is 0 Å². The molecule has 0 bridgehead atoms. The van der Waals surface area contributed by atoms with E-state index in [1.165, 1.54) is 48.8 Å². The second kappa shape index (κ2) is 8.48. The van der Waals surface area contributed by atoms with Gasteiger partial charge in [0.2, 0.25) is 5.91 Å². The summed E-state index contributed by atoms with van der Waals surface area (Å²) >= 11 is 0. The van der Waals surface area contributed by atoms with Crippen molar-refractivity contribution >= 4 is 5.91 Å². The van der Waals surface area contributed by atoms with Crippen LogP contribution in [0.5, 0.6) is 0 Å². The van der Waals surface area contributed by atoms with Crippen molar-refractivity contribution in [3.8, 4) is 0 Å². The summed E-state index contributed by atoms with van der Waals surface area (Å²) < 4.78 is 0. The van der Waals surface area contributed by atoms with Gasteiger partial charge in [0.25, 0.3) is 0 Å². The molecule has 1 aromatic carbocycles. The summed E-state index contributed by atoms with van der Waals surface area (Å²) in [6.45, 7) is 5.09. The second-order valence-electron chi connectivity index (χ2n) is 7.28. The number of carbonyl (C=O) groups is 1. The molecule has 0 aromatic heterocycles. The first-order chi connectivity index (χ1) is 11.7. The van der Waals surface area contributed by atoms with E-state index < -0.39 is 0 Å². The third-order valence-corrected chi connectivity index (χ3v) is 5.34. The first-order valence-corrected chi connectivity index (χ1v) is 9.50. The van der Waals surface area contributed by atoms with Crippen LogP contribution in [0.3, 0.4) is 0 Å². The van der Waals surface area contributed by atoms with Crippen LogP contribution in [0.25, 0.3) is 0 Å². The van der Waals surface area contributed by atoms with Crippen molar-refractivity contribution in [2.45, 2.75) is 57.9 Å². The van der Waals surface area contributed by atoms with Gasteiger partial charge in [-0.1, -0.05) is 41.8 Å². The molecule has 1 heterocycles. The molecule has 130 valence electrons. The van der Waals surface area contributed by atoms with Crippen molar-refractivity contribution in [1.29, 1.82) is 0 Å². The van der Waals surface area contributed by atoms with Crippen LogP contribution in [0.4, 0.5) is 0 Å². The Labute approximate surface area is 146 Å². The number of amides is 1. The van der Waals surface area contributed by atoms with Crippen LogP contribution < -0.4 is 5.32 Å². The molecule has 0 radical (unpaired) electrons. The van der Waals surface area contributed by atoms with Crippen molar-refractivity contribution in [3.63, 3.8) is 0 Å². The van der Waals surface area contributed by atoms with Crippen molar-refractivity contribution in [2.24, 2.45) is 0 Å². The molecule has 1 saturated carbocycles. The zero-order valence-electron chi connectivity index (χ0n) is 14.9. The summed E-state index contributed by atoms with van der Waals surface area (Å²) in [5, 5.41) is 3.16. The summed E-state index contributed by atoms with van der Waals surface area (Å²) in [5.41, 5.74) is 3.92. The fourth-order valence-corrected chi connectivity index (χ4v) is 3.88. The minimum absolute atomic E-state index is 0.0863. The highest BCUT2D eigenvalue weighted by Crippen LogP contribution is 2.25. The van der Waals surface area contributed by atoms with E-state index in [4.69, 9.17) is 0 Å². The fourth-order valence-electron chi connectivity index (χ4n) is 3.88. The van der Waals surface area contributed by atoms with Crippen LogP contribution in [-0.4, -0.2) is 30.4 Å². The molecular formula is C21H30N2O. The van der Waals surface area contributed by atoms with Gasteiger partial charge in [0.15, 0.2) is 0 Å². The molecule has 0 spiro atoms. The average molecular weight is 326 g/mol. The van der Waals surface area contributed by atoms with E-state index in [0.717, 1.165) is 25.9 Å². The van der Waals surface area contributed by atoms with Gasteiger partial charge in [0.05, 0.1) is 6.04 Å². The van der Waals surface area contributed by atoms with E-state index in [9.17, 15) is 4.79 Å². The molecule has 3 nitrogen and oxygen atoms in total. The first-order valence-electron chi connectivity index (χ1n) is 9.50. The zero-order chi connectivity index (χ0) is 16.8. The van der Waals surface area contributed by atoms with Gasteiger partial charge in [-0.2, -0.15) is 0 Å². The second-order valence-corrected chi connectivity index (χ2v) is 7.28. The third-order valence-electron chi connectivity index (χ3n) is 5.34. The Balaban J connectivity index is 1.63. The van der Waals surface area contributed by atoms with Crippen LogP contribution in [0.2, 0.25) is 0 Å². The van der Waals surface area contributed by atoms with Gasteiger partial charge in [-0.05, 0) is 64.1 Å². The van der Waals surface area contributed by atoms with E-state index >= 15 is 0 Å². The van der Waals surface area contributed by atoms with E-state index in [-0.39, 0.29) is 5.91 Å². The highest BCUT2D eigenvalue weighted by atomic mass is 16.1. The standard InChI is InChI=1S/C21H30N2O/c1-17-9-11-19(12-10-17)20(23-13-5-6-14-23)16-22-21(24)15-18-7-3-2-4-8-18/h9-12,15,20H,2-8,13-14,16H2,1H3,(H,22,24). The monoisotopic (exact) mass is 326 g/mol. The molecule has 1 saturated heterocycles. The normalized spacial score (nSPS) is 20.0. The Hall–Kier alpha value is -1.61. The van der Waals surface area contributed by atoms with Gasteiger partial charge >= 0.3 is 0 Å². The summed E-state index contributed by atoms with van der Waals surface area (Å²) in [6.07, 6.45) is 10.4. The smallest absolute Gasteiger partial charge is 0.243 e. The average Bonchev–Trinajstić information content (AvgIpc) is 3.12. The van der Waals surface area contributed by atoms with Crippen LogP contribution in [0, 0.1) is 6.92 Å². The van der Waals surface area contributed by atoms with Crippen molar-refractivity contribution in [1.82, 2.24) is 10.2 Å². The molecule has 1 aromatic rings. The molecule has 1 unspecified atom stereocenters. The molecule has 1 atom stereocenters. The van der Waals surface area contributed by atoms with Crippen molar-refractivity contribution in [2.75, 3.05) is 19.6 Å². The maximum absolute atomic E-state index is 12.3. The molecule has 1 N–H and O–H groups in total. The summed E-state index contributed by atoms with van der Waals surface area (Å²) in [5.74, 6) is 0.0863. The Kier molecular flexibility index (Phi) is 6.08. The van der Waals surface area contributed by atoms with Crippen molar-refractivity contribution < 1.29 is 4.79 Å². The van der Waals surface area contributed by atoms with E-state index in [0.29, 0.717) is 12.6 Å². The summed E-state index contributed by atoms with van der Waals surface area (Å²) in [4.78, 5) is 14.8. The van der Waals surface area contributed by atoms with Gasteiger partial charge in [0, 0.05) is 12.6 Å². The number of carbonyl (C=O) groups excluding carboxylic acids is 1. The molecule has 2 aliphatic rings. The number of allylic oxidation sites excluding steroid dienone is 1. The number of aryl methyl sites for hydroxylation is 1. The van der Waals surface area contributed by atoms with Crippen LogP contribution in [0.1, 0.15) is 62.1 Å². The Bertz CT molecular complexity index is 562. The number of hydrogen-bond donors (Lipinski definition) is 1. The van der Waals surface area contributed by atoms with Gasteiger partial charge < -0.3 is 5.32 Å². The largest absolute Gasteiger partial charge is 0.351 e. The molecule has 1 amide bonds. The lowest BCUT2D eigenvalue weighted by molar-refractivity contribution is -0.116. The topological polar surface area (TPSA) is 32.3 Å². The highest BCUT2D eigenvalue weighted by molar-refractivity contribution is 5.88. The molecule has 2 fully saturated rings. The zero-order valence-corrected chi connectivity index (χ0v) is 14.9. The third kappa shape index (κ3) is 4.70. The van der Waals surface area contributed by atoms with Crippen LogP contribution >= 0.6 is 0 Å². The predicted octanol–water partition coefficient (Wildman–Crippen LogP) is 4.14. The lowest BCUT2D eigenvalue weighted by Gasteiger charge is -2.28.